The van der Waals surface area contributed by atoms with Gasteiger partial charge in [0.25, 0.3) is 5.91 Å². The summed E-state index contributed by atoms with van der Waals surface area (Å²) in [6, 6.07) is 3.58. The van der Waals surface area contributed by atoms with E-state index >= 15 is 0 Å². The molecular weight excluding hydrogens is 224 g/mol. The van der Waals surface area contributed by atoms with Gasteiger partial charge in [0.05, 0.1) is 0 Å². The minimum absolute atomic E-state index is 0.0617. The molecule has 0 spiro atoms. The molecule has 0 fully saturated rings. The summed E-state index contributed by atoms with van der Waals surface area (Å²) >= 11 is 0. The predicted molar refractivity (Wildman–Crippen MR) is 75.5 cm³/mol. The normalized spacial score (nSPS) is 11.2. The number of hydrogen-bond donors (Lipinski definition) is 2. The van der Waals surface area contributed by atoms with E-state index in [1.807, 2.05) is 6.07 Å². The lowest BCUT2D eigenvalue weighted by Crippen LogP contribution is -2.23. The number of carbonyl (C=O) groups excluding carboxylic acids is 1. The van der Waals surface area contributed by atoms with Crippen LogP contribution in [-0.2, 0) is 0 Å². The molecule has 1 rings (SSSR count). The van der Waals surface area contributed by atoms with Crippen molar-refractivity contribution in [3.63, 3.8) is 0 Å². The Morgan fingerprint density at radius 1 is 1.33 bits per heavy atom. The Bertz CT molecular complexity index is 423. The third-order valence-corrected chi connectivity index (χ3v) is 2.65. The maximum atomic E-state index is 11.6. The summed E-state index contributed by atoms with van der Waals surface area (Å²) < 4.78 is 0. The number of hydrogen-bond acceptors (Lipinski definition) is 1. The van der Waals surface area contributed by atoms with Gasteiger partial charge in [-0.05, 0) is 45.7 Å². The second kappa shape index (κ2) is 7.54. The van der Waals surface area contributed by atoms with Crippen LogP contribution in [0, 0.1) is 0 Å². The van der Waals surface area contributed by atoms with Crippen molar-refractivity contribution in [2.24, 2.45) is 0 Å². The van der Waals surface area contributed by atoms with Gasteiger partial charge in [0.2, 0.25) is 0 Å². The lowest BCUT2D eigenvalue weighted by atomic mass is 10.1. The number of H-pyrrole nitrogens is 1. The first-order chi connectivity index (χ1) is 8.59. The Labute approximate surface area is 109 Å². The van der Waals surface area contributed by atoms with E-state index in [-0.39, 0.29) is 5.91 Å². The van der Waals surface area contributed by atoms with Crippen molar-refractivity contribution in [3.8, 4) is 0 Å². The molecule has 0 aromatic carbocycles. The number of rotatable bonds is 6. The van der Waals surface area contributed by atoms with Gasteiger partial charge in [-0.15, -0.1) is 0 Å². The maximum absolute atomic E-state index is 11.6. The molecule has 0 unspecified atom stereocenters. The largest absolute Gasteiger partial charge is 0.357 e. The average molecular weight is 246 g/mol. The van der Waals surface area contributed by atoms with Crippen molar-refractivity contribution in [1.82, 2.24) is 10.3 Å². The van der Waals surface area contributed by atoms with E-state index in [0.717, 1.165) is 12.8 Å². The Balaban J connectivity index is 2.27. The van der Waals surface area contributed by atoms with Crippen LogP contribution in [0.4, 0.5) is 0 Å². The highest BCUT2D eigenvalue weighted by Crippen LogP contribution is 2.05. The fraction of sp³-hybridized carbons (Fsp3) is 0.400. The average Bonchev–Trinajstić information content (AvgIpc) is 2.81. The summed E-state index contributed by atoms with van der Waals surface area (Å²) in [6.07, 6.45) is 8.16. The number of aromatic nitrogens is 1. The van der Waals surface area contributed by atoms with Crippen LogP contribution in [0.15, 0.2) is 41.6 Å². The van der Waals surface area contributed by atoms with Gasteiger partial charge < -0.3 is 10.3 Å². The Morgan fingerprint density at radius 2 is 2.11 bits per heavy atom. The number of aromatic amines is 1. The molecule has 1 heterocycles. The standard InChI is InChI=1S/C15H22N2O/c1-12(2)6-4-7-13(3)9-11-17-15(18)14-8-5-10-16-14/h5-6,8-10,16H,4,7,11H2,1-3H3,(H,17,18). The Kier molecular flexibility index (Phi) is 5.98. The lowest BCUT2D eigenvalue weighted by molar-refractivity contribution is 0.0953. The molecule has 0 saturated carbocycles. The minimum atomic E-state index is -0.0617. The quantitative estimate of drug-likeness (QED) is 0.742. The molecular formula is C15H22N2O. The lowest BCUT2D eigenvalue weighted by Gasteiger charge is -2.02. The maximum Gasteiger partial charge on any atom is 0.267 e. The smallest absolute Gasteiger partial charge is 0.267 e. The molecule has 0 aliphatic rings. The van der Waals surface area contributed by atoms with E-state index in [9.17, 15) is 4.79 Å². The summed E-state index contributed by atoms with van der Waals surface area (Å²) in [7, 11) is 0. The van der Waals surface area contributed by atoms with Crippen LogP contribution in [0.3, 0.4) is 0 Å². The molecule has 0 bridgehead atoms. The van der Waals surface area contributed by atoms with Crippen LogP contribution in [-0.4, -0.2) is 17.4 Å². The summed E-state index contributed by atoms with van der Waals surface area (Å²) in [6.45, 7) is 6.89. The molecule has 2 N–H and O–H groups in total. The second-order valence-electron chi connectivity index (χ2n) is 4.66. The predicted octanol–water partition coefficient (Wildman–Crippen LogP) is 3.44. The van der Waals surface area contributed by atoms with Crippen molar-refractivity contribution >= 4 is 5.91 Å². The van der Waals surface area contributed by atoms with Gasteiger partial charge in [-0.1, -0.05) is 23.3 Å². The molecule has 0 aliphatic carbocycles. The molecule has 0 radical (unpaired) electrons. The summed E-state index contributed by atoms with van der Waals surface area (Å²) in [5.74, 6) is -0.0617. The molecule has 0 atom stereocenters. The van der Waals surface area contributed by atoms with Crippen LogP contribution in [0.1, 0.15) is 44.1 Å². The van der Waals surface area contributed by atoms with Gasteiger partial charge in [0.1, 0.15) is 5.69 Å². The first kappa shape index (κ1) is 14.3. The van der Waals surface area contributed by atoms with E-state index in [0.29, 0.717) is 12.2 Å². The molecule has 98 valence electrons. The number of carbonyl (C=O) groups is 1. The monoisotopic (exact) mass is 246 g/mol. The van der Waals surface area contributed by atoms with E-state index in [1.54, 1.807) is 12.3 Å². The van der Waals surface area contributed by atoms with E-state index in [1.165, 1.54) is 11.1 Å². The third kappa shape index (κ3) is 5.53. The highest BCUT2D eigenvalue weighted by molar-refractivity contribution is 5.92. The molecule has 1 aromatic heterocycles. The summed E-state index contributed by atoms with van der Waals surface area (Å²) in [4.78, 5) is 14.5. The van der Waals surface area contributed by atoms with Crippen LogP contribution < -0.4 is 5.32 Å². The highest BCUT2D eigenvalue weighted by Gasteiger charge is 2.02. The number of allylic oxidation sites excluding steroid dienone is 3. The van der Waals surface area contributed by atoms with Crippen molar-refractivity contribution in [2.45, 2.75) is 33.6 Å². The molecule has 0 aliphatic heterocycles. The topological polar surface area (TPSA) is 44.9 Å². The molecule has 18 heavy (non-hydrogen) atoms. The van der Waals surface area contributed by atoms with Gasteiger partial charge in [-0.2, -0.15) is 0 Å². The van der Waals surface area contributed by atoms with Crippen molar-refractivity contribution < 1.29 is 4.79 Å². The first-order valence-corrected chi connectivity index (χ1v) is 6.30. The van der Waals surface area contributed by atoms with Crippen molar-refractivity contribution in [3.05, 3.63) is 47.3 Å². The van der Waals surface area contributed by atoms with Crippen molar-refractivity contribution in [2.75, 3.05) is 6.54 Å². The zero-order valence-corrected chi connectivity index (χ0v) is 11.4. The summed E-state index contributed by atoms with van der Waals surface area (Å²) in [5, 5.41) is 2.85. The molecule has 3 nitrogen and oxygen atoms in total. The second-order valence-corrected chi connectivity index (χ2v) is 4.66. The molecule has 3 heteroatoms. The first-order valence-electron chi connectivity index (χ1n) is 6.30. The van der Waals surface area contributed by atoms with Crippen molar-refractivity contribution in [1.29, 1.82) is 0 Å². The molecule has 1 aromatic rings. The van der Waals surface area contributed by atoms with Gasteiger partial charge in [0.15, 0.2) is 0 Å². The SMILES string of the molecule is CC(C)=CCCC(C)=CCNC(=O)c1ccc[nH]1. The third-order valence-electron chi connectivity index (χ3n) is 2.65. The van der Waals surface area contributed by atoms with Gasteiger partial charge in [0, 0.05) is 12.7 Å². The fourth-order valence-electron chi connectivity index (χ4n) is 1.58. The molecule has 1 amide bonds. The van der Waals surface area contributed by atoms with Crippen LogP contribution >= 0.6 is 0 Å². The van der Waals surface area contributed by atoms with Gasteiger partial charge >= 0.3 is 0 Å². The van der Waals surface area contributed by atoms with Gasteiger partial charge in [-0.25, -0.2) is 0 Å². The van der Waals surface area contributed by atoms with E-state index < -0.39 is 0 Å². The Hall–Kier alpha value is -1.77. The Morgan fingerprint density at radius 3 is 2.72 bits per heavy atom. The van der Waals surface area contributed by atoms with Crippen LogP contribution in [0.2, 0.25) is 0 Å². The zero-order valence-electron chi connectivity index (χ0n) is 11.4. The van der Waals surface area contributed by atoms with Gasteiger partial charge in [-0.3, -0.25) is 4.79 Å². The zero-order chi connectivity index (χ0) is 13.4. The number of amides is 1. The summed E-state index contributed by atoms with van der Waals surface area (Å²) in [5.41, 5.74) is 3.26. The van der Waals surface area contributed by atoms with Crippen LogP contribution in [0.25, 0.3) is 0 Å². The van der Waals surface area contributed by atoms with Crippen LogP contribution in [0.5, 0.6) is 0 Å². The van der Waals surface area contributed by atoms with E-state index in [2.05, 4.69) is 43.2 Å². The van der Waals surface area contributed by atoms with E-state index in [4.69, 9.17) is 0 Å². The number of nitrogens with one attached hydrogen (secondary N) is 2. The highest BCUT2D eigenvalue weighted by atomic mass is 16.1. The fourth-order valence-corrected chi connectivity index (χ4v) is 1.58. The molecule has 0 saturated heterocycles. The minimum Gasteiger partial charge on any atom is -0.357 e.